The molecular formula is C22H19NO3. The van der Waals surface area contributed by atoms with E-state index in [2.05, 4.69) is 5.32 Å². The lowest BCUT2D eigenvalue weighted by Crippen LogP contribution is -2.38. The number of furan rings is 1. The van der Waals surface area contributed by atoms with Crippen LogP contribution in [-0.4, -0.2) is 17.6 Å². The van der Waals surface area contributed by atoms with E-state index in [1.807, 2.05) is 60.7 Å². The Balaban J connectivity index is 1.51. The second-order valence-electron chi connectivity index (χ2n) is 6.67. The molecule has 1 unspecified atom stereocenters. The van der Waals surface area contributed by atoms with Gasteiger partial charge in [-0.1, -0.05) is 48.5 Å². The first-order valence-electron chi connectivity index (χ1n) is 8.51. The zero-order valence-corrected chi connectivity index (χ0v) is 14.4. The van der Waals surface area contributed by atoms with E-state index in [9.17, 15) is 9.90 Å². The largest absolute Gasteiger partial charge is 0.458 e. The molecule has 1 heterocycles. The van der Waals surface area contributed by atoms with Gasteiger partial charge < -0.3 is 14.8 Å². The summed E-state index contributed by atoms with van der Waals surface area (Å²) in [6.07, 6.45) is 0. The van der Waals surface area contributed by atoms with Crippen LogP contribution in [-0.2, 0) is 5.60 Å². The molecule has 1 amide bonds. The Labute approximate surface area is 151 Å². The van der Waals surface area contributed by atoms with Crippen molar-refractivity contribution < 1.29 is 14.3 Å². The van der Waals surface area contributed by atoms with Gasteiger partial charge >= 0.3 is 0 Å². The normalized spacial score (nSPS) is 13.6. The smallest absolute Gasteiger partial charge is 0.251 e. The van der Waals surface area contributed by atoms with E-state index in [1.165, 1.54) is 0 Å². The third-order valence-electron chi connectivity index (χ3n) is 4.56. The van der Waals surface area contributed by atoms with Gasteiger partial charge in [0.05, 0.1) is 6.54 Å². The van der Waals surface area contributed by atoms with Crippen molar-refractivity contribution >= 4 is 27.6 Å². The maximum Gasteiger partial charge on any atom is 0.251 e. The van der Waals surface area contributed by atoms with Gasteiger partial charge in [-0.3, -0.25) is 4.79 Å². The van der Waals surface area contributed by atoms with E-state index in [4.69, 9.17) is 4.42 Å². The molecule has 0 aliphatic heterocycles. The second kappa shape index (κ2) is 6.32. The first-order chi connectivity index (χ1) is 12.5. The monoisotopic (exact) mass is 345 g/mol. The van der Waals surface area contributed by atoms with Crippen molar-refractivity contribution in [2.24, 2.45) is 0 Å². The first-order valence-corrected chi connectivity index (χ1v) is 8.51. The highest BCUT2D eigenvalue weighted by Gasteiger charge is 2.28. The van der Waals surface area contributed by atoms with Crippen molar-refractivity contribution in [1.29, 1.82) is 0 Å². The number of carbonyl (C=O) groups is 1. The average molecular weight is 345 g/mol. The molecule has 0 spiro atoms. The number of hydrogen-bond donors (Lipinski definition) is 2. The number of para-hydroxylation sites is 1. The molecule has 0 aliphatic carbocycles. The van der Waals surface area contributed by atoms with Crippen LogP contribution >= 0.6 is 0 Å². The van der Waals surface area contributed by atoms with Gasteiger partial charge in [-0.25, -0.2) is 0 Å². The number of nitrogens with one attached hydrogen (secondary N) is 1. The van der Waals surface area contributed by atoms with Crippen LogP contribution in [0.3, 0.4) is 0 Å². The molecule has 1 aromatic heterocycles. The number of amides is 1. The Morgan fingerprint density at radius 2 is 1.65 bits per heavy atom. The SMILES string of the molecule is CC(O)(CNC(=O)c1ccc2ccccc2c1)c1cc2ccccc2o1. The van der Waals surface area contributed by atoms with Crippen LogP contribution in [0.1, 0.15) is 23.0 Å². The fourth-order valence-corrected chi connectivity index (χ4v) is 3.02. The van der Waals surface area contributed by atoms with E-state index >= 15 is 0 Å². The summed E-state index contributed by atoms with van der Waals surface area (Å²) in [5, 5.41) is 16.5. The van der Waals surface area contributed by atoms with Crippen molar-refractivity contribution in [3.63, 3.8) is 0 Å². The number of carbonyl (C=O) groups excluding carboxylic acids is 1. The minimum Gasteiger partial charge on any atom is -0.458 e. The minimum atomic E-state index is -1.30. The lowest BCUT2D eigenvalue weighted by Gasteiger charge is -2.21. The summed E-state index contributed by atoms with van der Waals surface area (Å²) in [5.41, 5.74) is -0.0290. The van der Waals surface area contributed by atoms with Crippen molar-refractivity contribution in [1.82, 2.24) is 5.32 Å². The highest BCUT2D eigenvalue weighted by Crippen LogP contribution is 2.27. The second-order valence-corrected chi connectivity index (χ2v) is 6.67. The van der Waals surface area contributed by atoms with Crippen LogP contribution in [0.25, 0.3) is 21.7 Å². The summed E-state index contributed by atoms with van der Waals surface area (Å²) in [6, 6.07) is 22.8. The molecule has 0 bridgehead atoms. The maximum atomic E-state index is 12.5. The van der Waals surface area contributed by atoms with Crippen LogP contribution in [0.2, 0.25) is 0 Å². The molecule has 1 atom stereocenters. The predicted octanol–water partition coefficient (Wildman–Crippen LogP) is 4.22. The fourth-order valence-electron chi connectivity index (χ4n) is 3.02. The van der Waals surface area contributed by atoms with E-state index in [-0.39, 0.29) is 12.5 Å². The molecule has 26 heavy (non-hydrogen) atoms. The van der Waals surface area contributed by atoms with Crippen molar-refractivity contribution in [3.05, 3.63) is 84.1 Å². The van der Waals surface area contributed by atoms with Crippen LogP contribution < -0.4 is 5.32 Å². The van der Waals surface area contributed by atoms with Crippen LogP contribution in [0, 0.1) is 0 Å². The molecule has 0 aliphatic rings. The van der Waals surface area contributed by atoms with Crippen LogP contribution in [0.15, 0.2) is 77.2 Å². The third kappa shape index (κ3) is 3.07. The quantitative estimate of drug-likeness (QED) is 0.582. The van der Waals surface area contributed by atoms with Gasteiger partial charge in [0.1, 0.15) is 16.9 Å². The van der Waals surface area contributed by atoms with Gasteiger partial charge in [0, 0.05) is 10.9 Å². The lowest BCUT2D eigenvalue weighted by atomic mass is 10.0. The highest BCUT2D eigenvalue weighted by atomic mass is 16.4. The van der Waals surface area contributed by atoms with Crippen LogP contribution in [0.4, 0.5) is 0 Å². The van der Waals surface area contributed by atoms with Crippen molar-refractivity contribution in [3.8, 4) is 0 Å². The number of rotatable bonds is 4. The zero-order chi connectivity index (χ0) is 18.1. The van der Waals surface area contributed by atoms with E-state index in [0.717, 1.165) is 16.2 Å². The molecule has 3 aromatic carbocycles. The average Bonchev–Trinajstić information content (AvgIpc) is 3.11. The molecule has 0 fully saturated rings. The summed E-state index contributed by atoms with van der Waals surface area (Å²) in [7, 11) is 0. The Kier molecular flexibility index (Phi) is 3.98. The third-order valence-corrected chi connectivity index (χ3v) is 4.56. The van der Waals surface area contributed by atoms with Gasteiger partial charge in [-0.05, 0) is 42.0 Å². The van der Waals surface area contributed by atoms with Gasteiger partial charge in [0.2, 0.25) is 0 Å². The Hall–Kier alpha value is -3.11. The number of benzene rings is 3. The molecule has 4 heteroatoms. The number of aliphatic hydroxyl groups is 1. The molecule has 0 saturated heterocycles. The van der Waals surface area contributed by atoms with E-state index in [0.29, 0.717) is 16.9 Å². The molecule has 2 N–H and O–H groups in total. The molecule has 4 nitrogen and oxygen atoms in total. The molecule has 130 valence electrons. The van der Waals surface area contributed by atoms with Gasteiger partial charge in [-0.2, -0.15) is 0 Å². The Bertz CT molecular complexity index is 1060. The molecular weight excluding hydrogens is 326 g/mol. The Morgan fingerprint density at radius 1 is 0.962 bits per heavy atom. The van der Waals surface area contributed by atoms with Gasteiger partial charge in [-0.15, -0.1) is 0 Å². The van der Waals surface area contributed by atoms with Crippen molar-refractivity contribution in [2.75, 3.05) is 6.54 Å². The first kappa shape index (κ1) is 16.4. The number of hydrogen-bond acceptors (Lipinski definition) is 3. The highest BCUT2D eigenvalue weighted by molar-refractivity contribution is 5.98. The van der Waals surface area contributed by atoms with E-state index in [1.54, 1.807) is 19.1 Å². The van der Waals surface area contributed by atoms with Crippen LogP contribution in [0.5, 0.6) is 0 Å². The number of fused-ring (bicyclic) bond motifs is 2. The molecule has 4 rings (SSSR count). The minimum absolute atomic E-state index is 0.0540. The van der Waals surface area contributed by atoms with E-state index < -0.39 is 5.60 Å². The van der Waals surface area contributed by atoms with Crippen molar-refractivity contribution in [2.45, 2.75) is 12.5 Å². The fraction of sp³-hybridized carbons (Fsp3) is 0.136. The zero-order valence-electron chi connectivity index (χ0n) is 14.4. The van der Waals surface area contributed by atoms with Gasteiger partial charge in [0.25, 0.3) is 5.91 Å². The molecule has 4 aromatic rings. The molecule has 0 radical (unpaired) electrons. The summed E-state index contributed by atoms with van der Waals surface area (Å²) in [4.78, 5) is 12.5. The van der Waals surface area contributed by atoms with Gasteiger partial charge in [0.15, 0.2) is 0 Å². The Morgan fingerprint density at radius 3 is 2.42 bits per heavy atom. The maximum absolute atomic E-state index is 12.5. The summed E-state index contributed by atoms with van der Waals surface area (Å²) in [6.45, 7) is 1.68. The predicted molar refractivity (Wildman–Crippen MR) is 102 cm³/mol. The topological polar surface area (TPSA) is 62.5 Å². The summed E-state index contributed by atoms with van der Waals surface area (Å²) >= 11 is 0. The summed E-state index contributed by atoms with van der Waals surface area (Å²) in [5.74, 6) is 0.199. The summed E-state index contributed by atoms with van der Waals surface area (Å²) < 4.78 is 5.73. The lowest BCUT2D eigenvalue weighted by molar-refractivity contribution is 0.0344. The molecule has 0 saturated carbocycles. The standard InChI is InChI=1S/C22H19NO3/c1-22(25,20-13-17-8-4-5-9-19(17)26-20)14-23-21(24)18-11-10-15-6-2-3-7-16(15)12-18/h2-13,25H,14H2,1H3,(H,23,24).